The average Bonchev–Trinajstić information content (AvgIpc) is 3.57. The molecule has 2 saturated heterocycles. The van der Waals surface area contributed by atoms with E-state index in [1.165, 1.54) is 17.5 Å². The first kappa shape index (κ1) is 22.7. The van der Waals surface area contributed by atoms with E-state index in [1.54, 1.807) is 13.0 Å². The number of fused-ring (bicyclic) bond motifs is 1. The molecule has 2 aliphatic rings. The number of para-hydroxylation sites is 1. The van der Waals surface area contributed by atoms with Gasteiger partial charge in [-0.05, 0) is 30.0 Å². The maximum atomic E-state index is 13.2. The predicted octanol–water partition coefficient (Wildman–Crippen LogP) is 2.77. The van der Waals surface area contributed by atoms with E-state index < -0.39 is 41.9 Å². The zero-order valence-corrected chi connectivity index (χ0v) is 19.6. The van der Waals surface area contributed by atoms with E-state index in [0.29, 0.717) is 6.42 Å². The summed E-state index contributed by atoms with van der Waals surface area (Å²) in [5.41, 5.74) is 1.94. The molecule has 0 saturated carbocycles. The summed E-state index contributed by atoms with van der Waals surface area (Å²) >= 11 is 1.38. The van der Waals surface area contributed by atoms with Gasteiger partial charge < -0.3 is 25.7 Å². The molecule has 4 N–H and O–H groups in total. The summed E-state index contributed by atoms with van der Waals surface area (Å²) in [4.78, 5) is 56.1. The fourth-order valence-corrected chi connectivity index (χ4v) is 5.24. The molecule has 3 atom stereocenters. The summed E-state index contributed by atoms with van der Waals surface area (Å²) < 4.78 is 5.25. The van der Waals surface area contributed by atoms with Gasteiger partial charge in [-0.15, -0.1) is 11.3 Å². The number of benzene rings is 1. The van der Waals surface area contributed by atoms with Gasteiger partial charge in [0.1, 0.15) is 12.0 Å². The van der Waals surface area contributed by atoms with E-state index >= 15 is 0 Å². The molecule has 0 spiro atoms. The molecular formula is C24H23N5O5S. The number of H-pyrrole nitrogens is 1. The number of esters is 1. The van der Waals surface area contributed by atoms with Crippen LogP contribution in [0, 0.1) is 5.92 Å². The number of carbonyl (C=O) groups is 4. The molecule has 180 valence electrons. The van der Waals surface area contributed by atoms with E-state index in [0.717, 1.165) is 26.2 Å². The van der Waals surface area contributed by atoms with Crippen molar-refractivity contribution >= 4 is 46.2 Å². The number of ether oxygens (including phenoxy) is 1. The van der Waals surface area contributed by atoms with Crippen LogP contribution in [-0.4, -0.2) is 46.5 Å². The predicted molar refractivity (Wildman–Crippen MR) is 128 cm³/mol. The molecule has 2 aromatic heterocycles. The first-order valence-corrected chi connectivity index (χ1v) is 12.0. The van der Waals surface area contributed by atoms with Crippen molar-refractivity contribution in [2.24, 2.45) is 5.92 Å². The summed E-state index contributed by atoms with van der Waals surface area (Å²) in [5, 5.41) is 10.8. The van der Waals surface area contributed by atoms with Crippen LogP contribution in [0.4, 0.5) is 9.59 Å². The molecule has 35 heavy (non-hydrogen) atoms. The standard InChI is InChI=1S/C24H23N5O5S/c1-2-34-22(31)19-17(26-23(32)28-20(19)18-8-5-9-35-18)12-29-21(30)16(27-24(29)33)10-13-11-25-15-7-4-3-6-14(13)15/h3-9,11-12,16,19-20,25H,2,10H2,1H3,(H,27,33)(H2,26,28,32)/b17-12+/t16-,19+,20+/m1/s1. The molecule has 5 rings (SSSR count). The van der Waals surface area contributed by atoms with Crippen molar-refractivity contribution in [3.8, 4) is 0 Å². The second-order valence-corrected chi connectivity index (χ2v) is 9.16. The van der Waals surface area contributed by atoms with Gasteiger partial charge in [-0.25, -0.2) is 14.5 Å². The van der Waals surface area contributed by atoms with Crippen molar-refractivity contribution < 1.29 is 23.9 Å². The minimum Gasteiger partial charge on any atom is -0.465 e. The molecule has 5 amide bonds. The molecule has 0 bridgehead atoms. The SMILES string of the molecule is CCOC(=O)[C@H]1/C(=C\N2C(=O)N[C@H](Cc3c[nH]c4ccccc34)C2=O)NC(=O)N[C@H]1c1cccs1. The minimum absolute atomic E-state index is 0.113. The van der Waals surface area contributed by atoms with Crippen LogP contribution in [-0.2, 0) is 20.7 Å². The molecule has 2 fully saturated rings. The Kier molecular flexibility index (Phi) is 6.00. The number of rotatable bonds is 6. The van der Waals surface area contributed by atoms with Crippen molar-refractivity contribution in [3.05, 3.63) is 70.3 Å². The quantitative estimate of drug-likeness (QED) is 0.310. The van der Waals surface area contributed by atoms with Crippen LogP contribution in [0.15, 0.2) is 59.9 Å². The smallest absolute Gasteiger partial charge is 0.329 e. The van der Waals surface area contributed by atoms with Crippen LogP contribution in [0.2, 0.25) is 0 Å². The average molecular weight is 494 g/mol. The Hall–Kier alpha value is -4.12. The zero-order chi connectivity index (χ0) is 24.5. The zero-order valence-electron chi connectivity index (χ0n) is 18.7. The van der Waals surface area contributed by atoms with Gasteiger partial charge in [0.2, 0.25) is 0 Å². The highest BCUT2D eigenvalue weighted by Crippen LogP contribution is 2.34. The van der Waals surface area contributed by atoms with Crippen LogP contribution in [0.25, 0.3) is 10.9 Å². The maximum absolute atomic E-state index is 13.2. The third-order valence-corrected chi connectivity index (χ3v) is 6.98. The monoisotopic (exact) mass is 493 g/mol. The number of carbonyl (C=O) groups excluding carboxylic acids is 4. The highest BCUT2D eigenvalue weighted by molar-refractivity contribution is 7.10. The van der Waals surface area contributed by atoms with Crippen molar-refractivity contribution in [1.29, 1.82) is 0 Å². The summed E-state index contributed by atoms with van der Waals surface area (Å²) in [6, 6.07) is 8.66. The molecule has 3 aromatic rings. The first-order chi connectivity index (χ1) is 17.0. The minimum atomic E-state index is -0.959. The lowest BCUT2D eigenvalue weighted by molar-refractivity contribution is -0.148. The largest absolute Gasteiger partial charge is 0.465 e. The summed E-state index contributed by atoms with van der Waals surface area (Å²) in [6.07, 6.45) is 3.34. The Labute approximate surface area is 204 Å². The molecule has 1 aromatic carbocycles. The lowest BCUT2D eigenvalue weighted by Crippen LogP contribution is -2.51. The van der Waals surface area contributed by atoms with Crippen LogP contribution in [0.1, 0.15) is 23.4 Å². The van der Waals surface area contributed by atoms with Gasteiger partial charge in [-0.2, -0.15) is 0 Å². The van der Waals surface area contributed by atoms with Gasteiger partial charge in [0.25, 0.3) is 5.91 Å². The van der Waals surface area contributed by atoms with Gasteiger partial charge in [-0.3, -0.25) is 9.59 Å². The van der Waals surface area contributed by atoms with Gasteiger partial charge in [0, 0.05) is 34.6 Å². The first-order valence-electron chi connectivity index (χ1n) is 11.1. The van der Waals surface area contributed by atoms with Crippen molar-refractivity contribution in [2.75, 3.05) is 6.61 Å². The number of amides is 5. The fourth-order valence-electron chi connectivity index (χ4n) is 4.43. The lowest BCUT2D eigenvalue weighted by Gasteiger charge is -2.33. The Bertz CT molecular complexity index is 1330. The lowest BCUT2D eigenvalue weighted by atomic mass is 9.93. The fraction of sp³-hybridized carbons (Fsp3) is 0.250. The number of aromatic nitrogens is 1. The van der Waals surface area contributed by atoms with E-state index in [1.807, 2.05) is 41.9 Å². The summed E-state index contributed by atoms with van der Waals surface area (Å²) in [5.74, 6) is -2.01. The van der Waals surface area contributed by atoms with E-state index in [4.69, 9.17) is 4.74 Å². The van der Waals surface area contributed by atoms with Crippen LogP contribution < -0.4 is 16.0 Å². The highest BCUT2D eigenvalue weighted by atomic mass is 32.1. The van der Waals surface area contributed by atoms with Gasteiger partial charge in [0.15, 0.2) is 0 Å². The second-order valence-electron chi connectivity index (χ2n) is 8.18. The molecule has 2 aliphatic heterocycles. The number of nitrogens with zero attached hydrogens (tertiary/aromatic N) is 1. The van der Waals surface area contributed by atoms with E-state index in [-0.39, 0.29) is 12.3 Å². The van der Waals surface area contributed by atoms with Crippen LogP contribution >= 0.6 is 11.3 Å². The number of nitrogens with one attached hydrogen (secondary N) is 4. The number of hydrogen-bond acceptors (Lipinski definition) is 6. The normalized spacial score (nSPS) is 23.3. The summed E-state index contributed by atoms with van der Waals surface area (Å²) in [6.45, 7) is 1.83. The number of hydrogen-bond donors (Lipinski definition) is 4. The second kappa shape index (κ2) is 9.26. The number of imide groups is 1. The van der Waals surface area contributed by atoms with E-state index in [9.17, 15) is 19.2 Å². The molecule has 0 unspecified atom stereocenters. The van der Waals surface area contributed by atoms with Crippen molar-refractivity contribution in [2.45, 2.75) is 25.4 Å². The van der Waals surface area contributed by atoms with Gasteiger partial charge in [0.05, 0.1) is 18.3 Å². The van der Waals surface area contributed by atoms with Crippen molar-refractivity contribution in [3.63, 3.8) is 0 Å². The van der Waals surface area contributed by atoms with Crippen LogP contribution in [0.3, 0.4) is 0 Å². The number of urea groups is 2. The maximum Gasteiger partial charge on any atom is 0.329 e. The number of aromatic amines is 1. The Morgan fingerprint density at radius 2 is 1.97 bits per heavy atom. The number of thiophene rings is 1. The molecular weight excluding hydrogens is 470 g/mol. The molecule has 10 nitrogen and oxygen atoms in total. The van der Waals surface area contributed by atoms with Crippen LogP contribution in [0.5, 0.6) is 0 Å². The Balaban J connectivity index is 1.44. The van der Waals surface area contributed by atoms with E-state index in [2.05, 4.69) is 20.9 Å². The van der Waals surface area contributed by atoms with Gasteiger partial charge >= 0.3 is 18.0 Å². The highest BCUT2D eigenvalue weighted by Gasteiger charge is 2.43. The molecule has 0 aliphatic carbocycles. The molecule has 11 heteroatoms. The van der Waals surface area contributed by atoms with Crippen molar-refractivity contribution in [1.82, 2.24) is 25.8 Å². The topological polar surface area (TPSA) is 133 Å². The summed E-state index contributed by atoms with van der Waals surface area (Å²) in [7, 11) is 0. The molecule has 4 heterocycles. The molecule has 0 radical (unpaired) electrons. The Morgan fingerprint density at radius 1 is 1.14 bits per heavy atom. The van der Waals surface area contributed by atoms with Gasteiger partial charge in [-0.1, -0.05) is 24.3 Å². The third-order valence-electron chi connectivity index (χ3n) is 6.02. The third kappa shape index (κ3) is 4.26. The Morgan fingerprint density at radius 3 is 2.74 bits per heavy atom.